The Morgan fingerprint density at radius 2 is 1.73 bits per heavy atom. The largest absolute Gasteiger partial charge is 0.492 e. The van der Waals surface area contributed by atoms with Gasteiger partial charge in [0.25, 0.3) is 5.91 Å². The molecule has 0 fully saturated rings. The summed E-state index contributed by atoms with van der Waals surface area (Å²) in [6.07, 6.45) is 2.22. The Hall–Kier alpha value is -4.31. The standard InChI is InChI=1S/C31H32BrN5O4/c1-4-39-25-14-10-9-13-24(25)36-30(38)27-20(3)35-31-33-19-34-37(31)28(27)22-17-23(32)29(26(18-22)40-5-2)41-16-15-21-11-7-6-8-12-21/h6-14,17-19,28H,4-5,15-16H2,1-3H3,(H,36,38)(H,33,34,35). The van der Waals surface area contributed by atoms with Crippen molar-refractivity contribution in [1.29, 1.82) is 0 Å². The molecule has 1 atom stereocenters. The molecule has 0 saturated carbocycles. The van der Waals surface area contributed by atoms with Crippen molar-refractivity contribution in [3.05, 3.63) is 99.9 Å². The molecule has 9 nitrogen and oxygen atoms in total. The Morgan fingerprint density at radius 1 is 1.00 bits per heavy atom. The number of hydrogen-bond donors (Lipinski definition) is 2. The molecule has 3 aromatic carbocycles. The maximum absolute atomic E-state index is 13.9. The van der Waals surface area contributed by atoms with Crippen molar-refractivity contribution in [2.75, 3.05) is 30.5 Å². The lowest BCUT2D eigenvalue weighted by atomic mass is 9.94. The molecule has 212 valence electrons. The highest BCUT2D eigenvalue weighted by Gasteiger charge is 2.35. The number of hydrogen-bond acceptors (Lipinski definition) is 7. The first-order chi connectivity index (χ1) is 20.0. The number of anilines is 2. The molecule has 5 rings (SSSR count). The van der Waals surface area contributed by atoms with E-state index in [0.717, 1.165) is 12.0 Å². The summed E-state index contributed by atoms with van der Waals surface area (Å²) in [5, 5.41) is 10.7. The van der Waals surface area contributed by atoms with Crippen LogP contribution in [0.3, 0.4) is 0 Å². The van der Waals surface area contributed by atoms with Gasteiger partial charge in [0.2, 0.25) is 5.95 Å². The van der Waals surface area contributed by atoms with Crippen LogP contribution in [0.1, 0.15) is 37.9 Å². The highest BCUT2D eigenvalue weighted by atomic mass is 79.9. The van der Waals surface area contributed by atoms with E-state index < -0.39 is 6.04 Å². The number of nitrogens with zero attached hydrogens (tertiary/aromatic N) is 3. The summed E-state index contributed by atoms with van der Waals surface area (Å²) < 4.78 is 20.4. The van der Waals surface area contributed by atoms with Crippen LogP contribution in [0.15, 0.2) is 88.8 Å². The average Bonchev–Trinajstić information content (AvgIpc) is 3.43. The number of para-hydroxylation sites is 2. The summed E-state index contributed by atoms with van der Waals surface area (Å²) in [6.45, 7) is 7.09. The van der Waals surface area contributed by atoms with Gasteiger partial charge in [0.05, 0.1) is 35.6 Å². The number of carbonyl (C=O) groups excluding carboxylic acids is 1. The van der Waals surface area contributed by atoms with Crippen LogP contribution in [0, 0.1) is 0 Å². The van der Waals surface area contributed by atoms with Gasteiger partial charge in [-0.25, -0.2) is 4.68 Å². The summed E-state index contributed by atoms with van der Waals surface area (Å²) in [4.78, 5) is 18.2. The van der Waals surface area contributed by atoms with E-state index in [4.69, 9.17) is 14.2 Å². The highest BCUT2D eigenvalue weighted by Crippen LogP contribution is 2.43. The minimum Gasteiger partial charge on any atom is -0.492 e. The fourth-order valence-electron chi connectivity index (χ4n) is 4.80. The van der Waals surface area contributed by atoms with Crippen molar-refractivity contribution < 1.29 is 19.0 Å². The fraction of sp³-hybridized carbons (Fsp3) is 0.258. The maximum Gasteiger partial charge on any atom is 0.255 e. The van der Waals surface area contributed by atoms with Gasteiger partial charge in [-0.3, -0.25) is 4.79 Å². The second-order valence-corrected chi connectivity index (χ2v) is 10.2. The Labute approximate surface area is 247 Å². The van der Waals surface area contributed by atoms with Crippen molar-refractivity contribution >= 4 is 33.5 Å². The Bertz CT molecular complexity index is 1550. The van der Waals surface area contributed by atoms with Crippen LogP contribution in [0.5, 0.6) is 17.2 Å². The predicted molar refractivity (Wildman–Crippen MR) is 162 cm³/mol. The van der Waals surface area contributed by atoms with Crippen LogP contribution in [0.4, 0.5) is 11.6 Å². The Morgan fingerprint density at radius 3 is 2.51 bits per heavy atom. The number of nitrogens with one attached hydrogen (secondary N) is 2. The molecule has 0 bridgehead atoms. The zero-order valence-electron chi connectivity index (χ0n) is 23.2. The topological polar surface area (TPSA) is 99.5 Å². The third-order valence-electron chi connectivity index (χ3n) is 6.60. The van der Waals surface area contributed by atoms with E-state index in [-0.39, 0.29) is 5.91 Å². The quantitative estimate of drug-likeness (QED) is 0.201. The molecule has 1 aliphatic rings. The minimum atomic E-state index is -0.582. The van der Waals surface area contributed by atoms with Gasteiger partial charge in [-0.15, -0.1) is 0 Å². The molecule has 1 amide bonds. The summed E-state index contributed by atoms with van der Waals surface area (Å²) in [5.41, 5.74) is 3.71. The maximum atomic E-state index is 13.9. The van der Waals surface area contributed by atoms with Gasteiger partial charge in [-0.05, 0) is 72.1 Å². The summed E-state index contributed by atoms with van der Waals surface area (Å²) in [7, 11) is 0. The van der Waals surface area contributed by atoms with E-state index in [2.05, 4.69) is 48.8 Å². The number of carbonyl (C=O) groups is 1. The Kier molecular flexibility index (Phi) is 8.88. The van der Waals surface area contributed by atoms with Crippen molar-refractivity contribution in [2.45, 2.75) is 33.2 Å². The van der Waals surface area contributed by atoms with E-state index in [9.17, 15) is 4.79 Å². The predicted octanol–water partition coefficient (Wildman–Crippen LogP) is 6.39. The van der Waals surface area contributed by atoms with Gasteiger partial charge in [0.15, 0.2) is 11.5 Å². The zero-order valence-corrected chi connectivity index (χ0v) is 24.8. The van der Waals surface area contributed by atoms with Crippen LogP contribution in [0.2, 0.25) is 0 Å². The van der Waals surface area contributed by atoms with Gasteiger partial charge in [0, 0.05) is 12.1 Å². The smallest absolute Gasteiger partial charge is 0.255 e. The molecule has 2 N–H and O–H groups in total. The normalized spacial score (nSPS) is 14.2. The number of rotatable bonds is 11. The van der Waals surface area contributed by atoms with Crippen LogP contribution in [0.25, 0.3) is 0 Å². The van der Waals surface area contributed by atoms with Gasteiger partial charge in [0.1, 0.15) is 18.1 Å². The molecule has 1 aromatic heterocycles. The van der Waals surface area contributed by atoms with E-state index >= 15 is 0 Å². The van der Waals surface area contributed by atoms with Gasteiger partial charge in [-0.2, -0.15) is 10.1 Å². The van der Waals surface area contributed by atoms with E-state index in [1.807, 2.05) is 75.4 Å². The molecule has 4 aromatic rings. The fourth-order valence-corrected chi connectivity index (χ4v) is 5.37. The summed E-state index contributed by atoms with van der Waals surface area (Å²) in [6, 6.07) is 20.8. The molecular weight excluding hydrogens is 586 g/mol. The van der Waals surface area contributed by atoms with Gasteiger partial charge < -0.3 is 24.8 Å². The molecular formula is C31H32BrN5O4. The molecule has 0 aliphatic carbocycles. The molecule has 2 heterocycles. The minimum absolute atomic E-state index is 0.287. The van der Waals surface area contributed by atoms with Crippen molar-refractivity contribution in [1.82, 2.24) is 14.8 Å². The molecule has 1 aliphatic heterocycles. The van der Waals surface area contributed by atoms with Crippen molar-refractivity contribution in [2.24, 2.45) is 0 Å². The molecule has 0 saturated heterocycles. The highest BCUT2D eigenvalue weighted by molar-refractivity contribution is 9.10. The lowest BCUT2D eigenvalue weighted by molar-refractivity contribution is -0.113. The number of benzene rings is 3. The van der Waals surface area contributed by atoms with Gasteiger partial charge in [-0.1, -0.05) is 42.5 Å². The average molecular weight is 619 g/mol. The van der Waals surface area contributed by atoms with Crippen LogP contribution in [-0.2, 0) is 11.2 Å². The SMILES string of the molecule is CCOc1ccccc1NC(=O)C1=C(C)Nc2ncnn2C1c1cc(Br)c(OCCc2ccccc2)c(OCC)c1. The number of amides is 1. The summed E-state index contributed by atoms with van der Waals surface area (Å²) >= 11 is 3.71. The molecule has 0 spiro atoms. The first-order valence-electron chi connectivity index (χ1n) is 13.5. The van der Waals surface area contributed by atoms with Crippen LogP contribution < -0.4 is 24.8 Å². The van der Waals surface area contributed by atoms with E-state index in [1.165, 1.54) is 11.9 Å². The van der Waals surface area contributed by atoms with E-state index in [0.29, 0.717) is 64.4 Å². The second-order valence-electron chi connectivity index (χ2n) is 9.32. The van der Waals surface area contributed by atoms with E-state index in [1.54, 1.807) is 4.68 Å². The number of allylic oxidation sites excluding steroid dienone is 1. The van der Waals surface area contributed by atoms with Crippen molar-refractivity contribution in [3.63, 3.8) is 0 Å². The van der Waals surface area contributed by atoms with Gasteiger partial charge >= 0.3 is 0 Å². The molecule has 41 heavy (non-hydrogen) atoms. The number of fused-ring (bicyclic) bond motifs is 1. The molecule has 0 radical (unpaired) electrons. The van der Waals surface area contributed by atoms with Crippen LogP contribution in [-0.4, -0.2) is 40.5 Å². The Balaban J connectivity index is 1.49. The third-order valence-corrected chi connectivity index (χ3v) is 7.19. The second kappa shape index (κ2) is 12.9. The van der Waals surface area contributed by atoms with Crippen molar-refractivity contribution in [3.8, 4) is 17.2 Å². The zero-order chi connectivity index (χ0) is 28.8. The van der Waals surface area contributed by atoms with Crippen LogP contribution >= 0.6 is 15.9 Å². The number of ether oxygens (including phenoxy) is 3. The summed E-state index contributed by atoms with van der Waals surface area (Å²) in [5.74, 6) is 2.03. The third kappa shape index (κ3) is 6.22. The molecule has 10 heteroatoms. The number of aromatic nitrogens is 3. The lowest BCUT2D eigenvalue weighted by Crippen LogP contribution is -2.31. The first-order valence-corrected chi connectivity index (χ1v) is 14.3. The monoisotopic (exact) mass is 617 g/mol. The number of halogens is 1. The lowest BCUT2D eigenvalue weighted by Gasteiger charge is -2.29. The first kappa shape index (κ1) is 28.2. The molecule has 1 unspecified atom stereocenters.